The molecule has 0 aliphatic heterocycles. The Hall–Kier alpha value is -1.69. The van der Waals surface area contributed by atoms with E-state index in [1.165, 1.54) is 10.9 Å². The van der Waals surface area contributed by atoms with Crippen LogP contribution in [-0.2, 0) is 0 Å². The van der Waals surface area contributed by atoms with Gasteiger partial charge in [-0.2, -0.15) is 0 Å². The number of rotatable bonds is 2. The fourth-order valence-corrected chi connectivity index (χ4v) is 1.44. The lowest BCUT2D eigenvalue weighted by atomic mass is 10.3. The largest absolute Gasteiger partial charge is 0.475 e. The topological polar surface area (TPSA) is 68.0 Å². The van der Waals surface area contributed by atoms with E-state index in [1.54, 1.807) is 12.1 Å². The van der Waals surface area contributed by atoms with Crippen molar-refractivity contribution in [2.24, 2.45) is 0 Å². The van der Waals surface area contributed by atoms with Crippen LogP contribution in [0.4, 0.5) is 0 Å². The van der Waals surface area contributed by atoms with E-state index in [4.69, 9.17) is 5.11 Å². The van der Waals surface area contributed by atoms with Crippen molar-refractivity contribution in [2.45, 2.75) is 0 Å². The molecule has 0 atom stereocenters. The summed E-state index contributed by atoms with van der Waals surface area (Å²) in [6.07, 6.45) is 1.37. The Morgan fingerprint density at radius 1 is 1.33 bits per heavy atom. The molecule has 0 unspecified atom stereocenters. The zero-order valence-electron chi connectivity index (χ0n) is 7.46. The highest BCUT2D eigenvalue weighted by Crippen LogP contribution is 2.14. The Bertz CT molecular complexity index is 492. The van der Waals surface area contributed by atoms with Crippen molar-refractivity contribution >= 4 is 21.9 Å². The van der Waals surface area contributed by atoms with Crippen LogP contribution in [0.25, 0.3) is 5.69 Å². The molecule has 5 nitrogen and oxygen atoms in total. The summed E-state index contributed by atoms with van der Waals surface area (Å²) in [6.45, 7) is 0. The van der Waals surface area contributed by atoms with E-state index >= 15 is 0 Å². The Morgan fingerprint density at radius 2 is 2.00 bits per heavy atom. The van der Waals surface area contributed by atoms with Gasteiger partial charge in [-0.3, -0.25) is 4.57 Å². The highest BCUT2D eigenvalue weighted by Gasteiger charge is 2.12. The summed E-state index contributed by atoms with van der Waals surface area (Å²) >= 11 is 3.30. The number of aromatic nitrogens is 3. The van der Waals surface area contributed by atoms with Gasteiger partial charge >= 0.3 is 5.97 Å². The molecule has 0 spiro atoms. The first kappa shape index (κ1) is 9.85. The molecule has 2 aromatic rings. The van der Waals surface area contributed by atoms with Crippen LogP contribution in [0.5, 0.6) is 0 Å². The van der Waals surface area contributed by atoms with E-state index in [2.05, 4.69) is 26.1 Å². The minimum Gasteiger partial charge on any atom is -0.475 e. The summed E-state index contributed by atoms with van der Waals surface area (Å²) in [5, 5.41) is 15.9. The predicted octanol–water partition coefficient (Wildman–Crippen LogP) is 1.73. The fourth-order valence-electron chi connectivity index (χ4n) is 1.17. The molecule has 0 amide bonds. The quantitative estimate of drug-likeness (QED) is 0.900. The lowest BCUT2D eigenvalue weighted by Crippen LogP contribution is -2.07. The van der Waals surface area contributed by atoms with Gasteiger partial charge in [0, 0.05) is 10.2 Å². The summed E-state index contributed by atoms with van der Waals surface area (Å²) in [5.41, 5.74) is 0.709. The van der Waals surface area contributed by atoms with Gasteiger partial charge in [0.05, 0.1) is 0 Å². The van der Waals surface area contributed by atoms with Gasteiger partial charge in [-0.15, -0.1) is 10.2 Å². The average Bonchev–Trinajstić information content (AvgIpc) is 2.67. The van der Waals surface area contributed by atoms with Gasteiger partial charge in [-0.25, -0.2) is 4.79 Å². The van der Waals surface area contributed by atoms with E-state index in [1.807, 2.05) is 12.1 Å². The molecule has 1 aromatic carbocycles. The van der Waals surface area contributed by atoms with E-state index in [0.717, 1.165) is 4.47 Å². The second-order valence-corrected chi connectivity index (χ2v) is 3.72. The molecule has 0 saturated heterocycles. The predicted molar refractivity (Wildman–Crippen MR) is 56.0 cm³/mol. The summed E-state index contributed by atoms with van der Waals surface area (Å²) in [4.78, 5) is 10.8. The molecule has 15 heavy (non-hydrogen) atoms. The van der Waals surface area contributed by atoms with Crippen molar-refractivity contribution in [3.05, 3.63) is 40.9 Å². The molecule has 0 radical (unpaired) electrons. The second kappa shape index (κ2) is 3.82. The average molecular weight is 268 g/mol. The zero-order valence-corrected chi connectivity index (χ0v) is 9.05. The second-order valence-electron chi connectivity index (χ2n) is 2.81. The smallest absolute Gasteiger partial charge is 0.374 e. The Kier molecular flexibility index (Phi) is 2.51. The number of carbonyl (C=O) groups is 1. The lowest BCUT2D eigenvalue weighted by Gasteiger charge is -2.02. The van der Waals surface area contributed by atoms with E-state index in [0.29, 0.717) is 5.69 Å². The molecule has 0 aliphatic carbocycles. The summed E-state index contributed by atoms with van der Waals surface area (Å²) < 4.78 is 2.34. The van der Waals surface area contributed by atoms with Gasteiger partial charge in [0.1, 0.15) is 6.33 Å². The fraction of sp³-hybridized carbons (Fsp3) is 0. The minimum atomic E-state index is -1.10. The molecule has 0 aliphatic rings. The number of carboxylic acid groups (broad SMARTS) is 1. The van der Waals surface area contributed by atoms with E-state index in [9.17, 15) is 4.79 Å². The molecule has 1 aromatic heterocycles. The van der Waals surface area contributed by atoms with Crippen molar-refractivity contribution in [1.82, 2.24) is 14.8 Å². The van der Waals surface area contributed by atoms with Crippen LogP contribution in [0.3, 0.4) is 0 Å². The van der Waals surface area contributed by atoms with Crippen LogP contribution in [0.1, 0.15) is 10.6 Å². The van der Waals surface area contributed by atoms with Crippen LogP contribution in [0.15, 0.2) is 35.1 Å². The van der Waals surface area contributed by atoms with Crippen LogP contribution in [0, 0.1) is 0 Å². The molecule has 6 heteroatoms. The Labute approximate surface area is 93.5 Å². The zero-order chi connectivity index (χ0) is 10.8. The van der Waals surface area contributed by atoms with Gasteiger partial charge in [-0.05, 0) is 24.3 Å². The number of halogens is 1. The van der Waals surface area contributed by atoms with Gasteiger partial charge in [-0.1, -0.05) is 15.9 Å². The van der Waals surface area contributed by atoms with Gasteiger partial charge in [0.25, 0.3) is 0 Å². The third kappa shape index (κ3) is 1.89. The normalized spacial score (nSPS) is 10.2. The maximum absolute atomic E-state index is 10.8. The highest BCUT2D eigenvalue weighted by atomic mass is 79.9. The molecule has 76 valence electrons. The van der Waals surface area contributed by atoms with E-state index in [-0.39, 0.29) is 5.82 Å². The number of aromatic carboxylic acids is 1. The molecule has 0 saturated carbocycles. The Morgan fingerprint density at radius 3 is 2.60 bits per heavy atom. The van der Waals surface area contributed by atoms with Crippen LogP contribution in [-0.4, -0.2) is 25.8 Å². The van der Waals surface area contributed by atoms with E-state index < -0.39 is 5.97 Å². The first-order valence-electron chi connectivity index (χ1n) is 4.08. The van der Waals surface area contributed by atoms with Crippen molar-refractivity contribution < 1.29 is 9.90 Å². The standard InChI is InChI=1S/C9H6BrN3O2/c10-6-1-3-7(4-2-6)13-5-11-12-8(13)9(14)15/h1-5H,(H,14,15). The molecule has 2 rings (SSSR count). The number of benzene rings is 1. The Balaban J connectivity index is 2.49. The first-order chi connectivity index (χ1) is 7.18. The third-order valence-electron chi connectivity index (χ3n) is 1.84. The third-order valence-corrected chi connectivity index (χ3v) is 2.37. The SMILES string of the molecule is O=C(O)c1nncn1-c1ccc(Br)cc1. The minimum absolute atomic E-state index is 0.0997. The summed E-state index contributed by atoms with van der Waals surface area (Å²) in [6, 6.07) is 7.20. The maximum atomic E-state index is 10.8. The maximum Gasteiger partial charge on any atom is 0.374 e. The number of carboxylic acids is 1. The van der Waals surface area contributed by atoms with Crippen molar-refractivity contribution in [1.29, 1.82) is 0 Å². The molecule has 0 bridgehead atoms. The van der Waals surface area contributed by atoms with Gasteiger partial charge < -0.3 is 5.11 Å². The monoisotopic (exact) mass is 267 g/mol. The molecular formula is C9H6BrN3O2. The van der Waals surface area contributed by atoms with Crippen LogP contribution >= 0.6 is 15.9 Å². The van der Waals surface area contributed by atoms with Crippen LogP contribution < -0.4 is 0 Å². The summed E-state index contributed by atoms with van der Waals surface area (Å²) in [5.74, 6) is -1.20. The van der Waals surface area contributed by atoms with Crippen molar-refractivity contribution in [3.8, 4) is 5.69 Å². The molecule has 0 fully saturated rings. The van der Waals surface area contributed by atoms with Crippen molar-refractivity contribution in [3.63, 3.8) is 0 Å². The van der Waals surface area contributed by atoms with Crippen molar-refractivity contribution in [2.75, 3.05) is 0 Å². The number of hydrogen-bond donors (Lipinski definition) is 1. The number of hydrogen-bond acceptors (Lipinski definition) is 3. The lowest BCUT2D eigenvalue weighted by molar-refractivity contribution is 0.0681. The summed E-state index contributed by atoms with van der Waals surface area (Å²) in [7, 11) is 0. The van der Waals surface area contributed by atoms with Gasteiger partial charge in [0.15, 0.2) is 0 Å². The molecule has 1 N–H and O–H groups in total. The highest BCUT2D eigenvalue weighted by molar-refractivity contribution is 9.10. The van der Waals surface area contributed by atoms with Crippen LogP contribution in [0.2, 0.25) is 0 Å². The first-order valence-corrected chi connectivity index (χ1v) is 4.87. The molecular weight excluding hydrogens is 262 g/mol. The van der Waals surface area contributed by atoms with Gasteiger partial charge in [0.2, 0.25) is 5.82 Å². The molecule has 1 heterocycles. The number of nitrogens with zero attached hydrogens (tertiary/aromatic N) is 3.